The molecule has 1 saturated heterocycles. The van der Waals surface area contributed by atoms with Crippen molar-refractivity contribution in [2.75, 3.05) is 19.1 Å². The fourth-order valence-electron chi connectivity index (χ4n) is 5.05. The third kappa shape index (κ3) is 4.49. The number of hydrogen-bond acceptors (Lipinski definition) is 6. The number of nitrogens with one attached hydrogen (secondary N) is 1. The number of rotatable bonds is 5. The van der Waals surface area contributed by atoms with Crippen molar-refractivity contribution in [3.63, 3.8) is 0 Å². The Kier molecular flexibility index (Phi) is 6.66. The first kappa shape index (κ1) is 27.0. The molecule has 1 amide bonds. The molecule has 206 valence electrons. The third-order valence-electron chi connectivity index (χ3n) is 7.49. The molecule has 4 aromatic rings. The largest absolute Gasteiger partial charge is 0.507 e. The number of amides is 1. The van der Waals surface area contributed by atoms with Crippen LogP contribution in [0.4, 0.5) is 5.95 Å². The Morgan fingerprint density at radius 2 is 1.70 bits per heavy atom. The standard InChI is InChI=1S/C32H33N3O5/c1-17-13-23-24(14-18(17)2)34-31(33-23)35-27(19-9-8-10-21(15-19)39-6)26(29(37)30(35)38)28(36)22-16-20(32(3,4)5)11-12-25(22)40-7/h8-16,27,36H,1-7H3,(H,33,34)/b28-26+. The van der Waals surface area contributed by atoms with Crippen molar-refractivity contribution in [1.29, 1.82) is 0 Å². The highest BCUT2D eigenvalue weighted by molar-refractivity contribution is 6.51. The van der Waals surface area contributed by atoms with Crippen molar-refractivity contribution < 1.29 is 24.2 Å². The summed E-state index contributed by atoms with van der Waals surface area (Å²) in [7, 11) is 3.04. The number of benzene rings is 3. The van der Waals surface area contributed by atoms with Crippen molar-refractivity contribution in [1.82, 2.24) is 9.97 Å². The molecule has 1 atom stereocenters. The van der Waals surface area contributed by atoms with Gasteiger partial charge in [-0.15, -0.1) is 0 Å². The Hall–Kier alpha value is -4.59. The van der Waals surface area contributed by atoms with Crippen LogP contribution >= 0.6 is 0 Å². The SMILES string of the molecule is COc1cccc(C2/C(=C(\O)c3cc(C(C)(C)C)ccc3OC)C(=O)C(=O)N2c2nc3cc(C)c(C)cc3[nH]2)c1. The summed E-state index contributed by atoms with van der Waals surface area (Å²) in [4.78, 5) is 36.6. The summed E-state index contributed by atoms with van der Waals surface area (Å²) in [5.41, 5.74) is 5.09. The van der Waals surface area contributed by atoms with Crippen LogP contribution < -0.4 is 14.4 Å². The summed E-state index contributed by atoms with van der Waals surface area (Å²) in [6.45, 7) is 10.2. The van der Waals surface area contributed by atoms with Crippen LogP contribution in [-0.2, 0) is 15.0 Å². The van der Waals surface area contributed by atoms with Crippen molar-refractivity contribution in [2.45, 2.75) is 46.1 Å². The number of aryl methyl sites for hydroxylation is 2. The number of aliphatic hydroxyl groups is 1. The summed E-state index contributed by atoms with van der Waals surface area (Å²) >= 11 is 0. The molecule has 3 aromatic carbocycles. The zero-order valence-corrected chi connectivity index (χ0v) is 23.7. The van der Waals surface area contributed by atoms with Crippen LogP contribution in [0.25, 0.3) is 16.8 Å². The molecule has 0 bridgehead atoms. The minimum absolute atomic E-state index is 0.0598. The van der Waals surface area contributed by atoms with E-state index in [1.54, 1.807) is 43.5 Å². The Balaban J connectivity index is 1.78. The fourth-order valence-corrected chi connectivity index (χ4v) is 5.05. The Labute approximate surface area is 233 Å². The van der Waals surface area contributed by atoms with E-state index in [2.05, 4.69) is 30.7 Å². The number of ether oxygens (including phenoxy) is 2. The second-order valence-electron chi connectivity index (χ2n) is 11.1. The predicted octanol–water partition coefficient (Wildman–Crippen LogP) is 6.12. The summed E-state index contributed by atoms with van der Waals surface area (Å²) in [6, 6.07) is 15.5. The Bertz CT molecular complexity index is 1650. The van der Waals surface area contributed by atoms with E-state index in [0.29, 0.717) is 28.1 Å². The van der Waals surface area contributed by atoms with E-state index in [-0.39, 0.29) is 22.7 Å². The molecule has 40 heavy (non-hydrogen) atoms. The third-order valence-corrected chi connectivity index (χ3v) is 7.49. The van der Waals surface area contributed by atoms with Crippen molar-refractivity contribution in [3.8, 4) is 11.5 Å². The number of fused-ring (bicyclic) bond motifs is 1. The first-order valence-electron chi connectivity index (χ1n) is 13.1. The van der Waals surface area contributed by atoms with Gasteiger partial charge in [-0.2, -0.15) is 0 Å². The first-order valence-corrected chi connectivity index (χ1v) is 13.1. The van der Waals surface area contributed by atoms with Crippen molar-refractivity contribution in [2.24, 2.45) is 0 Å². The molecule has 5 rings (SSSR count). The number of hydrogen-bond donors (Lipinski definition) is 2. The van der Waals surface area contributed by atoms with E-state index in [0.717, 1.165) is 22.2 Å². The van der Waals surface area contributed by atoms with Gasteiger partial charge in [-0.05, 0) is 77.9 Å². The molecule has 1 aromatic heterocycles. The number of carbonyl (C=O) groups is 2. The Morgan fingerprint density at radius 3 is 2.38 bits per heavy atom. The Morgan fingerprint density at radius 1 is 0.975 bits per heavy atom. The molecule has 2 N–H and O–H groups in total. The molecule has 1 fully saturated rings. The number of aromatic nitrogens is 2. The number of anilines is 1. The molecule has 2 heterocycles. The first-order chi connectivity index (χ1) is 18.9. The van der Waals surface area contributed by atoms with E-state index in [4.69, 9.17) is 9.47 Å². The van der Waals surface area contributed by atoms with E-state index in [1.807, 2.05) is 32.0 Å². The number of aliphatic hydroxyl groups excluding tert-OH is 1. The molecule has 8 heteroatoms. The van der Waals surface area contributed by atoms with E-state index in [9.17, 15) is 14.7 Å². The maximum absolute atomic E-state index is 13.7. The highest BCUT2D eigenvalue weighted by atomic mass is 16.5. The summed E-state index contributed by atoms with van der Waals surface area (Å²) in [5.74, 6) is -0.792. The lowest BCUT2D eigenvalue weighted by Crippen LogP contribution is -2.30. The van der Waals surface area contributed by atoms with Crippen molar-refractivity contribution in [3.05, 3.63) is 88.0 Å². The highest BCUT2D eigenvalue weighted by Crippen LogP contribution is 2.44. The molecule has 0 saturated carbocycles. The summed E-state index contributed by atoms with van der Waals surface area (Å²) in [5, 5.41) is 11.8. The summed E-state index contributed by atoms with van der Waals surface area (Å²) < 4.78 is 11.0. The van der Waals surface area contributed by atoms with Crippen LogP contribution in [0.2, 0.25) is 0 Å². The van der Waals surface area contributed by atoms with Gasteiger partial charge in [0, 0.05) is 0 Å². The van der Waals surface area contributed by atoms with Gasteiger partial charge in [-0.1, -0.05) is 39.0 Å². The highest BCUT2D eigenvalue weighted by Gasteiger charge is 2.48. The zero-order valence-electron chi connectivity index (χ0n) is 23.7. The van der Waals surface area contributed by atoms with Gasteiger partial charge < -0.3 is 19.6 Å². The number of ketones is 1. The van der Waals surface area contributed by atoms with Gasteiger partial charge in [0.15, 0.2) is 0 Å². The molecule has 0 spiro atoms. The van der Waals surface area contributed by atoms with Gasteiger partial charge in [0.05, 0.1) is 42.4 Å². The molecule has 1 unspecified atom stereocenters. The molecule has 0 radical (unpaired) electrons. The molecular weight excluding hydrogens is 506 g/mol. The number of Topliss-reactive ketones (excluding diaryl/α,β-unsaturated/α-hetero) is 1. The van der Waals surface area contributed by atoms with Gasteiger partial charge in [0.2, 0.25) is 5.95 Å². The van der Waals surface area contributed by atoms with Gasteiger partial charge in [0.1, 0.15) is 17.3 Å². The van der Waals surface area contributed by atoms with Crippen LogP contribution in [-0.4, -0.2) is 41.0 Å². The van der Waals surface area contributed by atoms with Crippen LogP contribution in [0, 0.1) is 13.8 Å². The lowest BCUT2D eigenvalue weighted by atomic mass is 9.85. The quantitative estimate of drug-likeness (QED) is 0.180. The van der Waals surface area contributed by atoms with Gasteiger partial charge >= 0.3 is 5.91 Å². The maximum atomic E-state index is 13.7. The lowest BCUT2D eigenvalue weighted by Gasteiger charge is -2.24. The van der Waals surface area contributed by atoms with E-state index >= 15 is 0 Å². The molecule has 1 aliphatic rings. The molecule has 1 aliphatic heterocycles. The number of aromatic amines is 1. The minimum Gasteiger partial charge on any atom is -0.507 e. The number of imidazole rings is 1. The molecule has 8 nitrogen and oxygen atoms in total. The normalized spacial score (nSPS) is 17.1. The second-order valence-corrected chi connectivity index (χ2v) is 11.1. The van der Waals surface area contributed by atoms with Crippen molar-refractivity contribution >= 4 is 34.4 Å². The topological polar surface area (TPSA) is 105 Å². The van der Waals surface area contributed by atoms with Gasteiger partial charge in [0.25, 0.3) is 5.78 Å². The molecule has 0 aliphatic carbocycles. The number of methoxy groups -OCH3 is 2. The predicted molar refractivity (Wildman–Crippen MR) is 155 cm³/mol. The van der Waals surface area contributed by atoms with Crippen LogP contribution in [0.1, 0.15) is 54.6 Å². The summed E-state index contributed by atoms with van der Waals surface area (Å²) in [6.07, 6.45) is 0. The van der Waals surface area contributed by atoms with E-state index < -0.39 is 17.7 Å². The lowest BCUT2D eigenvalue weighted by molar-refractivity contribution is -0.132. The number of H-pyrrole nitrogens is 1. The maximum Gasteiger partial charge on any atom is 0.302 e. The van der Waals surface area contributed by atoms with Gasteiger partial charge in [-0.3, -0.25) is 14.5 Å². The van der Waals surface area contributed by atoms with Crippen LogP contribution in [0.15, 0.2) is 60.2 Å². The monoisotopic (exact) mass is 539 g/mol. The van der Waals surface area contributed by atoms with Gasteiger partial charge in [-0.25, -0.2) is 4.98 Å². The second kappa shape index (κ2) is 9.86. The fraction of sp³-hybridized carbons (Fsp3) is 0.281. The van der Waals surface area contributed by atoms with Crippen LogP contribution in [0.5, 0.6) is 11.5 Å². The molecular formula is C32H33N3O5. The average Bonchev–Trinajstić information content (AvgIpc) is 3.44. The minimum atomic E-state index is -0.971. The van der Waals surface area contributed by atoms with E-state index in [1.165, 1.54) is 12.0 Å². The average molecular weight is 540 g/mol. The van der Waals surface area contributed by atoms with Crippen LogP contribution in [0.3, 0.4) is 0 Å². The number of nitrogens with zero attached hydrogens (tertiary/aromatic N) is 2. The smallest absolute Gasteiger partial charge is 0.302 e. The zero-order chi connectivity index (χ0) is 28.9. The number of carbonyl (C=O) groups excluding carboxylic acids is 2.